The van der Waals surface area contributed by atoms with Gasteiger partial charge in [0.2, 0.25) is 0 Å². The van der Waals surface area contributed by atoms with E-state index in [1.165, 1.54) is 12.1 Å². The molecule has 0 amide bonds. The fraction of sp³-hybridized carbons (Fsp3) is 0.125. The number of hydrogen-bond donors (Lipinski definition) is 0. The zero-order valence-corrected chi connectivity index (χ0v) is 9.76. The minimum absolute atomic E-state index is 0. The van der Waals surface area contributed by atoms with E-state index in [-0.39, 0.29) is 52.8 Å². The molecule has 56 valence electrons. The van der Waals surface area contributed by atoms with Crippen LogP contribution in [-0.2, 0) is 6.42 Å². The Bertz CT molecular complexity index is 186. The first-order valence-corrected chi connectivity index (χ1v) is 2.86. The van der Waals surface area contributed by atoms with Crippen molar-refractivity contribution in [1.82, 2.24) is 0 Å². The van der Waals surface area contributed by atoms with Crippen LogP contribution in [0.1, 0.15) is 5.56 Å². The van der Waals surface area contributed by atoms with Crippen molar-refractivity contribution in [2.45, 2.75) is 6.42 Å². The van der Waals surface area contributed by atoms with Gasteiger partial charge in [-0.3, -0.25) is 0 Å². The summed E-state index contributed by atoms with van der Waals surface area (Å²) in [7, 11) is 0. The fourth-order valence-corrected chi connectivity index (χ4v) is 0.651. The van der Waals surface area contributed by atoms with Crippen molar-refractivity contribution in [1.29, 1.82) is 0 Å². The Morgan fingerprint density at radius 3 is 2.00 bits per heavy atom. The second-order valence-corrected chi connectivity index (χ2v) is 1.88. The monoisotopic (exact) mass is 274 g/mol. The van der Waals surface area contributed by atoms with E-state index >= 15 is 0 Å². The van der Waals surface area contributed by atoms with Crippen molar-refractivity contribution < 1.29 is 28.4 Å². The van der Waals surface area contributed by atoms with Crippen LogP contribution >= 0.6 is 0 Å². The Kier molecular flexibility index (Phi) is 9.42. The molecule has 1 aromatic rings. The van der Waals surface area contributed by atoms with Gasteiger partial charge in [0, 0.05) is 0 Å². The molecule has 0 aromatic heterocycles. The topological polar surface area (TPSA) is 0 Å². The van der Waals surface area contributed by atoms with Crippen molar-refractivity contribution in [3.63, 3.8) is 0 Å². The molecule has 0 N–H and O–H groups in total. The molecular formula is C8H8FIMg. The van der Waals surface area contributed by atoms with E-state index in [1.807, 2.05) is 0 Å². The van der Waals surface area contributed by atoms with Gasteiger partial charge in [0.15, 0.2) is 0 Å². The molecule has 0 aliphatic rings. The summed E-state index contributed by atoms with van der Waals surface area (Å²) in [6, 6.07) is 6.37. The van der Waals surface area contributed by atoms with E-state index < -0.39 is 0 Å². The van der Waals surface area contributed by atoms with E-state index in [0.29, 0.717) is 0 Å². The fourth-order valence-electron chi connectivity index (χ4n) is 0.651. The van der Waals surface area contributed by atoms with Gasteiger partial charge in [-0.05, 0) is 12.1 Å². The molecule has 0 saturated heterocycles. The summed E-state index contributed by atoms with van der Waals surface area (Å²) in [6.45, 7) is 3.66. The average molecular weight is 274 g/mol. The van der Waals surface area contributed by atoms with E-state index in [2.05, 4.69) is 6.92 Å². The van der Waals surface area contributed by atoms with Gasteiger partial charge in [-0.15, -0.1) is 0 Å². The van der Waals surface area contributed by atoms with Gasteiger partial charge in [0.1, 0.15) is 5.82 Å². The van der Waals surface area contributed by atoms with Gasteiger partial charge < -0.3 is 30.9 Å². The molecule has 0 unspecified atom stereocenters. The minimum Gasteiger partial charge on any atom is -1.00 e. The Hall–Kier alpha value is 0.646. The predicted molar refractivity (Wildman–Crippen MR) is 41.2 cm³/mol. The van der Waals surface area contributed by atoms with Gasteiger partial charge in [-0.2, -0.15) is 6.42 Å². The number of benzene rings is 1. The molecule has 0 fully saturated rings. The van der Waals surface area contributed by atoms with Gasteiger partial charge >= 0.3 is 23.1 Å². The Morgan fingerprint density at radius 2 is 1.64 bits per heavy atom. The average Bonchev–Trinajstić information content (AvgIpc) is 1.90. The third kappa shape index (κ3) is 4.98. The maximum Gasteiger partial charge on any atom is 2.00 e. The maximum absolute atomic E-state index is 12.2. The van der Waals surface area contributed by atoms with Gasteiger partial charge in [-0.25, -0.2) is 4.39 Å². The molecule has 0 bridgehead atoms. The number of halogens is 2. The molecule has 0 nitrogen and oxygen atoms in total. The number of rotatable bonds is 1. The third-order valence-electron chi connectivity index (χ3n) is 1.20. The largest absolute Gasteiger partial charge is 2.00 e. The first kappa shape index (κ1) is 14.2. The van der Waals surface area contributed by atoms with Crippen LogP contribution in [0, 0.1) is 12.7 Å². The molecule has 0 spiro atoms. The molecule has 0 aliphatic carbocycles. The van der Waals surface area contributed by atoms with Crippen LogP contribution in [0.25, 0.3) is 0 Å². The number of hydrogen-bond acceptors (Lipinski definition) is 0. The Balaban J connectivity index is 0. The van der Waals surface area contributed by atoms with Crippen molar-refractivity contribution in [2.75, 3.05) is 0 Å². The first-order chi connectivity index (χ1) is 4.33. The van der Waals surface area contributed by atoms with E-state index in [4.69, 9.17) is 0 Å². The third-order valence-corrected chi connectivity index (χ3v) is 1.20. The maximum atomic E-state index is 12.2. The summed E-state index contributed by atoms with van der Waals surface area (Å²) in [6.07, 6.45) is 0.722. The molecule has 1 rings (SSSR count). The van der Waals surface area contributed by atoms with Crippen molar-refractivity contribution in [2.24, 2.45) is 0 Å². The van der Waals surface area contributed by atoms with Crippen LogP contribution in [0.4, 0.5) is 4.39 Å². The molecule has 0 atom stereocenters. The molecule has 0 radical (unpaired) electrons. The van der Waals surface area contributed by atoms with Crippen LogP contribution in [0.2, 0.25) is 0 Å². The van der Waals surface area contributed by atoms with E-state index in [9.17, 15) is 4.39 Å². The van der Waals surface area contributed by atoms with Gasteiger partial charge in [0.05, 0.1) is 0 Å². The van der Waals surface area contributed by atoms with Crippen molar-refractivity contribution in [3.05, 3.63) is 42.6 Å². The summed E-state index contributed by atoms with van der Waals surface area (Å²) < 4.78 is 12.2. The summed E-state index contributed by atoms with van der Waals surface area (Å²) in [4.78, 5) is 0. The second kappa shape index (κ2) is 7.30. The normalized spacial score (nSPS) is 7.82. The smallest absolute Gasteiger partial charge is 1.00 e. The molecular weight excluding hydrogens is 266 g/mol. The standard InChI is InChI=1S/C8H8F.HI.Mg/c1-2-7-3-5-8(9)6-4-7;;/h3-6H,1-2H2;1H;/q-1;;+2/p-1. The van der Waals surface area contributed by atoms with E-state index in [1.54, 1.807) is 12.1 Å². The first-order valence-electron chi connectivity index (χ1n) is 2.86. The summed E-state index contributed by atoms with van der Waals surface area (Å²) in [5.74, 6) is -0.188. The Morgan fingerprint density at radius 1 is 1.18 bits per heavy atom. The quantitative estimate of drug-likeness (QED) is 0.344. The molecule has 0 aliphatic heterocycles. The van der Waals surface area contributed by atoms with Crippen LogP contribution in [0.3, 0.4) is 0 Å². The van der Waals surface area contributed by atoms with Crippen LogP contribution in [0.5, 0.6) is 0 Å². The van der Waals surface area contributed by atoms with Gasteiger partial charge in [0.25, 0.3) is 0 Å². The predicted octanol–water partition coefficient (Wildman–Crippen LogP) is -1.17. The Labute approximate surface area is 99.7 Å². The van der Waals surface area contributed by atoms with Crippen molar-refractivity contribution >= 4 is 23.1 Å². The summed E-state index contributed by atoms with van der Waals surface area (Å²) in [5, 5.41) is 0. The van der Waals surface area contributed by atoms with Crippen molar-refractivity contribution in [3.8, 4) is 0 Å². The van der Waals surface area contributed by atoms with Crippen LogP contribution in [0.15, 0.2) is 24.3 Å². The minimum atomic E-state index is -0.188. The second-order valence-electron chi connectivity index (χ2n) is 1.88. The molecule has 11 heavy (non-hydrogen) atoms. The molecule has 0 saturated carbocycles. The molecule has 0 heterocycles. The zero-order chi connectivity index (χ0) is 6.69. The molecule has 3 heteroatoms. The summed E-state index contributed by atoms with van der Waals surface area (Å²) >= 11 is 0. The zero-order valence-electron chi connectivity index (χ0n) is 6.19. The molecule has 1 aromatic carbocycles. The SMILES string of the molecule is [CH2-]Cc1ccc(F)cc1.[I-].[Mg+2]. The van der Waals surface area contributed by atoms with Gasteiger partial charge in [-0.1, -0.05) is 17.7 Å². The van der Waals surface area contributed by atoms with Crippen LogP contribution in [-0.4, -0.2) is 23.1 Å². The van der Waals surface area contributed by atoms with E-state index in [0.717, 1.165) is 12.0 Å². The summed E-state index contributed by atoms with van der Waals surface area (Å²) in [5.41, 5.74) is 1.07. The van der Waals surface area contributed by atoms with Crippen LogP contribution < -0.4 is 24.0 Å².